The van der Waals surface area contributed by atoms with E-state index in [1.54, 1.807) is 4.90 Å². The van der Waals surface area contributed by atoms with Gasteiger partial charge in [-0.25, -0.2) is 0 Å². The molecule has 1 heterocycles. The Balaban J connectivity index is 1.04. The minimum atomic E-state index is -0.431. The summed E-state index contributed by atoms with van der Waals surface area (Å²) in [5, 5.41) is 2.34. The van der Waals surface area contributed by atoms with Crippen molar-refractivity contribution < 1.29 is 6.85 Å². The van der Waals surface area contributed by atoms with Crippen molar-refractivity contribution in [3.63, 3.8) is 0 Å². The molecule has 0 fully saturated rings. The average Bonchev–Trinajstić information content (AvgIpc) is 3.73. The van der Waals surface area contributed by atoms with Crippen LogP contribution in [0.5, 0.6) is 0 Å². The summed E-state index contributed by atoms with van der Waals surface area (Å²) >= 11 is 0. The van der Waals surface area contributed by atoms with Gasteiger partial charge in [0.2, 0.25) is 0 Å². The number of rotatable bonds is 9. The molecular formula is C60H42N2. The van der Waals surface area contributed by atoms with Crippen LogP contribution in [0.3, 0.4) is 0 Å². The third-order valence-corrected chi connectivity index (χ3v) is 11.7. The Bertz CT molecular complexity index is 3540. The molecule has 0 unspecified atom stereocenters. The van der Waals surface area contributed by atoms with Crippen molar-refractivity contribution in [1.29, 1.82) is 0 Å². The van der Waals surface area contributed by atoms with Crippen molar-refractivity contribution in [2.75, 3.05) is 4.90 Å². The van der Waals surface area contributed by atoms with Crippen LogP contribution in [0.15, 0.2) is 255 Å². The highest BCUT2D eigenvalue weighted by atomic mass is 15.1. The van der Waals surface area contributed by atoms with Crippen molar-refractivity contribution in [3.8, 4) is 61.3 Å². The van der Waals surface area contributed by atoms with Crippen LogP contribution in [0.25, 0.3) is 83.1 Å². The molecule has 0 aliphatic carbocycles. The maximum atomic E-state index is 9.03. The van der Waals surface area contributed by atoms with Crippen molar-refractivity contribution in [1.82, 2.24) is 4.57 Å². The summed E-state index contributed by atoms with van der Waals surface area (Å²) in [7, 11) is 0. The highest BCUT2D eigenvalue weighted by Gasteiger charge is 2.18. The minimum Gasteiger partial charge on any atom is -0.310 e. The number of hydrogen-bond donors (Lipinski definition) is 0. The van der Waals surface area contributed by atoms with Gasteiger partial charge in [-0.15, -0.1) is 0 Å². The van der Waals surface area contributed by atoms with E-state index >= 15 is 0 Å². The number of fused-ring (bicyclic) bond motifs is 3. The van der Waals surface area contributed by atoms with Crippen LogP contribution in [0.4, 0.5) is 17.1 Å². The molecule has 0 aliphatic rings. The second kappa shape index (κ2) is 16.1. The lowest BCUT2D eigenvalue weighted by molar-refractivity contribution is 1.18. The van der Waals surface area contributed by atoms with Crippen LogP contribution >= 0.6 is 0 Å². The van der Waals surface area contributed by atoms with E-state index in [0.29, 0.717) is 11.4 Å². The van der Waals surface area contributed by atoms with E-state index in [9.17, 15) is 0 Å². The van der Waals surface area contributed by atoms with Gasteiger partial charge in [0.05, 0.1) is 17.9 Å². The van der Waals surface area contributed by atoms with E-state index in [1.807, 2.05) is 78.9 Å². The standard InChI is InChI=1S/C60H42N2/c1-5-18-43(19-6-1)47-24-17-27-53(39-47)61(51-25-11-4-12-26-51)52-35-32-46(33-36-52)55-28-13-14-29-56(55)48-34-37-58-57-30-15-16-31-59(57)62(60(58)42-48)54-40-49(44-20-7-2-8-21-44)38-50(41-54)45-22-9-3-10-23-45/h1-42H/i4D,11D,12D,25D,26D. The zero-order valence-corrected chi connectivity index (χ0v) is 33.8. The first-order chi connectivity index (χ1) is 32.8. The molecule has 62 heavy (non-hydrogen) atoms. The summed E-state index contributed by atoms with van der Waals surface area (Å²) in [4.78, 5) is 1.77. The Labute approximate surface area is 369 Å². The van der Waals surface area contributed by atoms with Crippen LogP contribution in [-0.2, 0) is 0 Å². The molecular weight excluding hydrogens is 749 g/mol. The zero-order valence-electron chi connectivity index (χ0n) is 38.8. The van der Waals surface area contributed by atoms with Crippen molar-refractivity contribution >= 4 is 38.9 Å². The van der Waals surface area contributed by atoms with Crippen molar-refractivity contribution in [3.05, 3.63) is 255 Å². The lowest BCUT2D eigenvalue weighted by atomic mass is 9.93. The highest BCUT2D eigenvalue weighted by Crippen LogP contribution is 2.41. The first-order valence-corrected chi connectivity index (χ1v) is 20.8. The van der Waals surface area contributed by atoms with Gasteiger partial charge < -0.3 is 9.47 Å². The van der Waals surface area contributed by atoms with Gasteiger partial charge in [-0.05, 0) is 122 Å². The summed E-state index contributed by atoms with van der Waals surface area (Å²) in [5.74, 6) is 0. The predicted molar refractivity (Wildman–Crippen MR) is 263 cm³/mol. The molecule has 11 aromatic rings. The molecule has 0 saturated carbocycles. The first-order valence-electron chi connectivity index (χ1n) is 23.3. The van der Waals surface area contributed by atoms with Crippen LogP contribution in [-0.4, -0.2) is 4.57 Å². The summed E-state index contributed by atoms with van der Waals surface area (Å²) in [5.41, 5.74) is 15.4. The van der Waals surface area contributed by atoms with Gasteiger partial charge in [0.1, 0.15) is 0 Å². The van der Waals surface area contributed by atoms with Crippen molar-refractivity contribution in [2.45, 2.75) is 0 Å². The number of aromatic nitrogens is 1. The predicted octanol–water partition coefficient (Wildman–Crippen LogP) is 16.6. The van der Waals surface area contributed by atoms with E-state index in [-0.39, 0.29) is 29.9 Å². The minimum absolute atomic E-state index is 0.0817. The fourth-order valence-electron chi connectivity index (χ4n) is 8.75. The Kier molecular flexibility index (Phi) is 8.23. The fraction of sp³-hybridized carbons (Fsp3) is 0. The second-order valence-electron chi connectivity index (χ2n) is 15.4. The normalized spacial score (nSPS) is 12.4. The van der Waals surface area contributed by atoms with Crippen LogP contribution in [0.1, 0.15) is 6.85 Å². The highest BCUT2D eigenvalue weighted by molar-refractivity contribution is 6.10. The van der Waals surface area contributed by atoms with Gasteiger partial charge in [-0.2, -0.15) is 0 Å². The summed E-state index contributed by atoms with van der Waals surface area (Å²) in [6, 6.07) is 75.9. The van der Waals surface area contributed by atoms with Gasteiger partial charge in [0, 0.05) is 33.5 Å². The van der Waals surface area contributed by atoms with Crippen LogP contribution in [0, 0.1) is 0 Å². The molecule has 0 amide bonds. The Morgan fingerprint density at radius 1 is 0.306 bits per heavy atom. The van der Waals surface area contributed by atoms with Gasteiger partial charge in [-0.1, -0.05) is 188 Å². The molecule has 0 bridgehead atoms. The maximum Gasteiger partial charge on any atom is 0.0645 e. The molecule has 1 aromatic heterocycles. The van der Waals surface area contributed by atoms with Gasteiger partial charge in [0.25, 0.3) is 0 Å². The quantitative estimate of drug-likeness (QED) is 0.141. The third kappa shape index (κ3) is 6.94. The van der Waals surface area contributed by atoms with E-state index in [1.165, 1.54) is 5.39 Å². The smallest absolute Gasteiger partial charge is 0.0645 e. The van der Waals surface area contributed by atoms with Gasteiger partial charge >= 0.3 is 0 Å². The Morgan fingerprint density at radius 3 is 1.50 bits per heavy atom. The number of hydrogen-bond acceptors (Lipinski definition) is 1. The summed E-state index contributed by atoms with van der Waals surface area (Å²) in [6.07, 6.45) is 0. The molecule has 0 atom stereocenters. The first kappa shape index (κ1) is 31.7. The van der Waals surface area contributed by atoms with E-state index in [4.69, 9.17) is 6.85 Å². The van der Waals surface area contributed by atoms with E-state index < -0.39 is 6.04 Å². The molecule has 0 saturated heterocycles. The molecule has 2 nitrogen and oxygen atoms in total. The van der Waals surface area contributed by atoms with Crippen LogP contribution < -0.4 is 4.90 Å². The monoisotopic (exact) mass is 795 g/mol. The summed E-state index contributed by atoms with van der Waals surface area (Å²) in [6.45, 7) is 0. The van der Waals surface area contributed by atoms with Gasteiger partial charge in [0.15, 0.2) is 0 Å². The van der Waals surface area contributed by atoms with Crippen molar-refractivity contribution in [2.24, 2.45) is 0 Å². The third-order valence-electron chi connectivity index (χ3n) is 11.7. The van der Waals surface area contributed by atoms with E-state index in [0.717, 1.165) is 77.7 Å². The Hall–Kier alpha value is -8.20. The molecule has 10 aromatic carbocycles. The molecule has 0 aliphatic heterocycles. The largest absolute Gasteiger partial charge is 0.310 e. The molecule has 0 spiro atoms. The molecule has 292 valence electrons. The average molecular weight is 796 g/mol. The lowest BCUT2D eigenvalue weighted by Gasteiger charge is -2.26. The molecule has 11 rings (SSSR count). The molecule has 0 radical (unpaired) electrons. The SMILES string of the molecule is [2H]c1c([2H])c([2H])c(N(c2ccc(-c3ccccc3-c3ccc4c5ccccc5n(-c5cc(-c6ccccc6)cc(-c6ccccc6)c5)c4c3)cc2)c2cccc(-c3ccccc3)c2)c([2H])c1[2H]. The molecule has 2 heteroatoms. The second-order valence-corrected chi connectivity index (χ2v) is 15.4. The zero-order chi connectivity index (χ0) is 45.6. The Morgan fingerprint density at radius 2 is 0.839 bits per heavy atom. The number of nitrogens with zero attached hydrogens (tertiary/aromatic N) is 2. The molecule has 0 N–H and O–H groups in total. The summed E-state index contributed by atoms with van der Waals surface area (Å²) < 4.78 is 46.0. The van der Waals surface area contributed by atoms with Gasteiger partial charge in [-0.3, -0.25) is 0 Å². The number of anilines is 3. The number of benzene rings is 10. The topological polar surface area (TPSA) is 8.17 Å². The lowest BCUT2D eigenvalue weighted by Crippen LogP contribution is -2.09. The van der Waals surface area contributed by atoms with Crippen LogP contribution in [0.2, 0.25) is 0 Å². The van der Waals surface area contributed by atoms with E-state index in [2.05, 4.69) is 150 Å². The fourth-order valence-corrected chi connectivity index (χ4v) is 8.75. The number of para-hydroxylation sites is 2. The maximum absolute atomic E-state index is 9.03.